The van der Waals surface area contributed by atoms with Gasteiger partial charge in [0.2, 0.25) is 0 Å². The molecule has 12 nitrogen and oxygen atoms in total. The van der Waals surface area contributed by atoms with Crippen LogP contribution in [0.2, 0.25) is 0 Å². The van der Waals surface area contributed by atoms with Crippen molar-refractivity contribution in [3.8, 4) is 0 Å². The van der Waals surface area contributed by atoms with Gasteiger partial charge in [-0.15, -0.1) is 23.1 Å². The van der Waals surface area contributed by atoms with E-state index in [4.69, 9.17) is 10.6 Å². The zero-order chi connectivity index (χ0) is 28.5. The van der Waals surface area contributed by atoms with Crippen LogP contribution in [-0.2, 0) is 32.4 Å². The second-order valence-corrected chi connectivity index (χ2v) is 11.3. The number of pyridine rings is 1. The lowest BCUT2D eigenvalue weighted by molar-refractivity contribution is -0.662. The Labute approximate surface area is 241 Å². The van der Waals surface area contributed by atoms with Crippen molar-refractivity contribution >= 4 is 57.4 Å². The number of oxime groups is 1. The Kier molecular flexibility index (Phi) is 7.15. The highest BCUT2D eigenvalue weighted by molar-refractivity contribution is 8.00. The van der Waals surface area contributed by atoms with Gasteiger partial charge < -0.3 is 25.8 Å². The van der Waals surface area contributed by atoms with Gasteiger partial charge in [-0.1, -0.05) is 41.6 Å². The molecule has 2 atom stereocenters. The Morgan fingerprint density at radius 1 is 1.20 bits per heavy atom. The number of nitrogens with one attached hydrogen (secondary N) is 1. The largest absolute Gasteiger partial charge is 0.543 e. The second kappa shape index (κ2) is 11.1. The smallest absolute Gasteiger partial charge is 0.286 e. The number of carboxylic acid groups (broad SMARTS) is 1. The first-order valence-corrected chi connectivity index (χ1v) is 14.4. The number of carbonyl (C=O) groups is 3. The number of thiazole rings is 1. The summed E-state index contributed by atoms with van der Waals surface area (Å²) in [6, 6.07) is 14.0. The molecule has 0 unspecified atom stereocenters. The predicted octanol–water partition coefficient (Wildman–Crippen LogP) is 0.291. The Morgan fingerprint density at radius 3 is 2.76 bits per heavy atom. The number of β-lactam (4-membered cyclic amide) rings is 1. The molecule has 0 radical (unpaired) electrons. The molecule has 14 heteroatoms. The monoisotopic (exact) mass is 589 g/mol. The van der Waals surface area contributed by atoms with Crippen LogP contribution in [0.3, 0.4) is 0 Å². The van der Waals surface area contributed by atoms with Crippen LogP contribution in [0.15, 0.2) is 88.9 Å². The molecule has 2 amide bonds. The number of amides is 2. The van der Waals surface area contributed by atoms with Gasteiger partial charge in [-0.2, -0.15) is 0 Å². The van der Waals surface area contributed by atoms with E-state index in [-0.39, 0.29) is 35.4 Å². The molecular formula is C27H23N7O5S2. The number of hydrogen-bond acceptors (Lipinski definition) is 10. The fourth-order valence-corrected chi connectivity index (χ4v) is 6.62. The van der Waals surface area contributed by atoms with Crippen LogP contribution in [0.5, 0.6) is 0 Å². The summed E-state index contributed by atoms with van der Waals surface area (Å²) >= 11 is 2.50. The number of nitrogen functional groups attached to an aromatic ring is 1. The Bertz CT molecular complexity index is 1710. The van der Waals surface area contributed by atoms with Gasteiger partial charge in [0.05, 0.1) is 17.9 Å². The number of hydrogen-bond donors (Lipinski definition) is 2. The molecule has 3 aromatic heterocycles. The van der Waals surface area contributed by atoms with Crippen molar-refractivity contribution in [3.63, 3.8) is 0 Å². The molecule has 0 bridgehead atoms. The van der Waals surface area contributed by atoms with Crippen LogP contribution in [0.4, 0.5) is 5.13 Å². The van der Waals surface area contributed by atoms with E-state index in [0.717, 1.165) is 22.5 Å². The lowest BCUT2D eigenvalue weighted by atomic mass is 10.0. The summed E-state index contributed by atoms with van der Waals surface area (Å²) in [5.74, 6) is -2.35. The molecule has 1 saturated heterocycles. The third-order valence-electron chi connectivity index (χ3n) is 6.67. The van der Waals surface area contributed by atoms with Gasteiger partial charge >= 0.3 is 0 Å². The first-order valence-electron chi connectivity index (χ1n) is 12.5. The van der Waals surface area contributed by atoms with Crippen LogP contribution in [-0.4, -0.2) is 54.9 Å². The third kappa shape index (κ3) is 5.14. The Balaban J connectivity index is 1.20. The highest BCUT2D eigenvalue weighted by atomic mass is 32.2. The zero-order valence-corrected chi connectivity index (χ0v) is 23.0. The molecule has 1 fully saturated rings. The van der Waals surface area contributed by atoms with E-state index in [0.29, 0.717) is 11.3 Å². The number of thioether (sulfide) groups is 1. The molecule has 6 rings (SSSR count). The minimum Gasteiger partial charge on any atom is -0.543 e. The summed E-state index contributed by atoms with van der Waals surface area (Å²) < 4.78 is 3.82. The lowest BCUT2D eigenvalue weighted by Crippen LogP contribution is -2.71. The summed E-state index contributed by atoms with van der Waals surface area (Å²) in [6.07, 6.45) is 5.60. The maximum Gasteiger partial charge on any atom is 0.286 e. The normalized spacial score (nSPS) is 18.7. The molecule has 3 N–H and O–H groups in total. The average molecular weight is 590 g/mol. The van der Waals surface area contributed by atoms with Crippen molar-refractivity contribution < 1.29 is 28.9 Å². The molecule has 2 aliphatic heterocycles. The predicted molar refractivity (Wildman–Crippen MR) is 149 cm³/mol. The number of nitrogens with zero attached hydrogens (tertiary/aromatic N) is 5. The standard InChI is InChI=1S/C27H23N7O5S2/c28-27-29-18(15-41-27)20(31-39-13-16-6-2-1-3-7-16)23(35)30-21-24(36)34-22(26(37)38)17(14-40-25(21)34)12-33-11-10-32-9-5-4-8-19(32)33/h1-11,15,21,25H,12-14H2,(H3-,28,29,30,35,37,38)/b31-20-/t21-,25+/m1/s1. The summed E-state index contributed by atoms with van der Waals surface area (Å²) in [5, 5.41) is 20.1. The lowest BCUT2D eigenvalue weighted by Gasteiger charge is -2.50. The van der Waals surface area contributed by atoms with Crippen molar-refractivity contribution in [1.82, 2.24) is 19.6 Å². The summed E-state index contributed by atoms with van der Waals surface area (Å²) in [6.45, 7) is 0.384. The quantitative estimate of drug-likeness (QED) is 0.122. The van der Waals surface area contributed by atoms with Gasteiger partial charge in [-0.25, -0.2) is 14.0 Å². The van der Waals surface area contributed by atoms with Gasteiger partial charge in [0.1, 0.15) is 42.7 Å². The van der Waals surface area contributed by atoms with E-state index in [1.165, 1.54) is 16.7 Å². The zero-order valence-electron chi connectivity index (χ0n) is 21.4. The fraction of sp³-hybridized carbons (Fsp3) is 0.185. The van der Waals surface area contributed by atoms with E-state index in [1.54, 1.807) is 5.38 Å². The molecule has 208 valence electrons. The van der Waals surface area contributed by atoms with E-state index in [9.17, 15) is 19.5 Å². The maximum atomic E-state index is 13.3. The number of carbonyl (C=O) groups excluding carboxylic acids is 3. The molecule has 0 spiro atoms. The summed E-state index contributed by atoms with van der Waals surface area (Å²) in [4.78, 5) is 49.5. The van der Waals surface area contributed by atoms with Gasteiger partial charge in [0, 0.05) is 22.8 Å². The Morgan fingerprint density at radius 2 is 2.00 bits per heavy atom. The molecule has 0 saturated carbocycles. The molecule has 2 aliphatic rings. The average Bonchev–Trinajstić information content (AvgIpc) is 3.60. The highest BCUT2D eigenvalue weighted by Crippen LogP contribution is 2.40. The van der Waals surface area contributed by atoms with Crippen molar-refractivity contribution in [1.29, 1.82) is 0 Å². The summed E-state index contributed by atoms with van der Waals surface area (Å²) in [7, 11) is 0. The van der Waals surface area contributed by atoms with E-state index >= 15 is 0 Å². The fourth-order valence-electron chi connectivity index (χ4n) is 4.73. The molecule has 41 heavy (non-hydrogen) atoms. The summed E-state index contributed by atoms with van der Waals surface area (Å²) in [5.41, 5.74) is 7.92. The van der Waals surface area contributed by atoms with Crippen molar-refractivity contribution in [3.05, 3.63) is 95.0 Å². The first-order chi connectivity index (χ1) is 19.9. The Hall–Kier alpha value is -4.69. The molecule has 0 aliphatic carbocycles. The molecule has 1 aromatic carbocycles. The topological polar surface area (TPSA) is 158 Å². The first kappa shape index (κ1) is 26.5. The number of imidazole rings is 1. The van der Waals surface area contributed by atoms with Gasteiger partial charge in [0.15, 0.2) is 10.8 Å². The van der Waals surface area contributed by atoms with Crippen LogP contribution in [0, 0.1) is 0 Å². The van der Waals surface area contributed by atoms with Crippen molar-refractivity contribution in [2.45, 2.75) is 24.6 Å². The number of anilines is 1. The second-order valence-electron chi connectivity index (χ2n) is 9.26. The SMILES string of the molecule is Nc1nc(/C(=N/OCc2ccccc2)C(=O)N[C@@H]2C(=O)N3C(C(=O)[O-])=C(C[n+]4ccn5ccccc54)CS[C@@H]23)cs1. The number of benzene rings is 1. The van der Waals surface area contributed by atoms with Crippen LogP contribution in [0.1, 0.15) is 11.3 Å². The third-order valence-corrected chi connectivity index (χ3v) is 8.68. The van der Waals surface area contributed by atoms with E-state index in [2.05, 4.69) is 15.5 Å². The van der Waals surface area contributed by atoms with Crippen molar-refractivity contribution in [2.24, 2.45) is 5.16 Å². The van der Waals surface area contributed by atoms with E-state index < -0.39 is 29.2 Å². The maximum absolute atomic E-state index is 13.3. The van der Waals surface area contributed by atoms with Crippen molar-refractivity contribution in [2.75, 3.05) is 11.5 Å². The van der Waals surface area contributed by atoms with Gasteiger partial charge in [-0.3, -0.25) is 14.5 Å². The number of aromatic nitrogens is 3. The van der Waals surface area contributed by atoms with Crippen LogP contribution < -0.4 is 20.7 Å². The molecular weight excluding hydrogens is 566 g/mol. The number of aliphatic carboxylic acids is 1. The number of nitrogens with two attached hydrogens (primary N) is 1. The molecule has 5 heterocycles. The highest BCUT2D eigenvalue weighted by Gasteiger charge is 2.53. The molecule has 4 aromatic rings. The number of fused-ring (bicyclic) bond motifs is 2. The van der Waals surface area contributed by atoms with Gasteiger partial charge in [0.25, 0.3) is 17.5 Å². The minimum absolute atomic E-state index is 0.115. The van der Waals surface area contributed by atoms with E-state index in [1.807, 2.05) is 76.1 Å². The minimum atomic E-state index is -1.44. The number of carboxylic acids is 1. The number of rotatable bonds is 9. The van der Waals surface area contributed by atoms with Crippen LogP contribution in [0.25, 0.3) is 5.65 Å². The van der Waals surface area contributed by atoms with Crippen LogP contribution >= 0.6 is 23.1 Å². The van der Waals surface area contributed by atoms with Gasteiger partial charge in [-0.05, 0) is 11.6 Å².